The Bertz CT molecular complexity index is 620. The monoisotopic (exact) mass is 288 g/mol. The number of carbonyl (C=O) groups excluding carboxylic acids is 1. The molecule has 0 aliphatic carbocycles. The van der Waals surface area contributed by atoms with E-state index in [0.29, 0.717) is 18.9 Å². The minimum absolute atomic E-state index is 0.195. The van der Waals surface area contributed by atoms with Crippen LogP contribution in [0.3, 0.4) is 0 Å². The molecule has 1 aromatic carbocycles. The molecule has 0 spiro atoms. The van der Waals surface area contributed by atoms with Crippen LogP contribution in [0.5, 0.6) is 0 Å². The predicted molar refractivity (Wildman–Crippen MR) is 76.2 cm³/mol. The maximum absolute atomic E-state index is 11.9. The molecule has 0 saturated carbocycles. The van der Waals surface area contributed by atoms with Gasteiger partial charge >= 0.3 is 0 Å². The molecular weight excluding hydrogens is 276 g/mol. The third kappa shape index (κ3) is 2.80. The van der Waals surface area contributed by atoms with Gasteiger partial charge in [0, 0.05) is 22.8 Å². The van der Waals surface area contributed by atoms with Crippen LogP contribution in [-0.4, -0.2) is 24.1 Å². The van der Waals surface area contributed by atoms with Crippen LogP contribution in [0.1, 0.15) is 0 Å². The van der Waals surface area contributed by atoms with Gasteiger partial charge in [-0.15, -0.1) is 11.3 Å². The molecule has 0 atom stereocenters. The van der Waals surface area contributed by atoms with Crippen LogP contribution < -0.4 is 5.32 Å². The van der Waals surface area contributed by atoms with Gasteiger partial charge in [0.25, 0.3) is 5.91 Å². The van der Waals surface area contributed by atoms with E-state index < -0.39 is 0 Å². The molecule has 5 nitrogen and oxygen atoms in total. The van der Waals surface area contributed by atoms with E-state index in [-0.39, 0.29) is 11.7 Å². The fourth-order valence-electron chi connectivity index (χ4n) is 1.74. The molecule has 1 N–H and O–H groups in total. The Labute approximate surface area is 119 Å². The zero-order chi connectivity index (χ0) is 13.8. The second kappa shape index (κ2) is 5.75. The van der Waals surface area contributed by atoms with Crippen molar-refractivity contribution >= 4 is 22.9 Å². The minimum Gasteiger partial charge on any atom is -0.494 e. The summed E-state index contributed by atoms with van der Waals surface area (Å²) in [6.45, 7) is 0.863. The molecular formula is C14H12N2O3S. The summed E-state index contributed by atoms with van der Waals surface area (Å²) in [6, 6.07) is 7.50. The summed E-state index contributed by atoms with van der Waals surface area (Å²) < 4.78 is 10.3. The summed E-state index contributed by atoms with van der Waals surface area (Å²) in [4.78, 5) is 16.1. The smallest absolute Gasteiger partial charge is 0.294 e. The first-order chi connectivity index (χ1) is 9.83. The topological polar surface area (TPSA) is 60.5 Å². The molecule has 1 aromatic heterocycles. The van der Waals surface area contributed by atoms with Crippen molar-refractivity contribution in [1.29, 1.82) is 0 Å². The molecule has 0 fully saturated rings. The van der Waals surface area contributed by atoms with Crippen molar-refractivity contribution in [1.82, 2.24) is 4.98 Å². The molecule has 1 amide bonds. The summed E-state index contributed by atoms with van der Waals surface area (Å²) in [5, 5.41) is 5.64. The van der Waals surface area contributed by atoms with Crippen LogP contribution in [0.25, 0.3) is 10.6 Å². The van der Waals surface area contributed by atoms with Crippen molar-refractivity contribution in [3.05, 3.63) is 47.9 Å². The number of amides is 1. The highest BCUT2D eigenvalue weighted by molar-refractivity contribution is 7.13. The van der Waals surface area contributed by atoms with Gasteiger partial charge in [-0.1, -0.05) is 0 Å². The molecule has 0 bridgehead atoms. The lowest BCUT2D eigenvalue weighted by Crippen LogP contribution is -2.21. The molecule has 20 heavy (non-hydrogen) atoms. The fourth-order valence-corrected chi connectivity index (χ4v) is 2.39. The standard InChI is InChI=1S/C14H12N2O3S/c17-13(12-9-18-6-7-19-12)16-11-3-1-10(2-4-11)14-15-5-8-20-14/h1-5,8-9H,6-7H2,(H,16,17). The van der Waals surface area contributed by atoms with Crippen molar-refractivity contribution in [2.45, 2.75) is 0 Å². The molecule has 0 unspecified atom stereocenters. The number of carbonyl (C=O) groups is 1. The number of thiazole rings is 1. The Morgan fingerprint density at radius 1 is 1.25 bits per heavy atom. The van der Waals surface area contributed by atoms with Gasteiger partial charge in [0.2, 0.25) is 5.76 Å². The van der Waals surface area contributed by atoms with Crippen LogP contribution in [0.2, 0.25) is 0 Å². The van der Waals surface area contributed by atoms with E-state index in [0.717, 1.165) is 10.6 Å². The first-order valence-electron chi connectivity index (χ1n) is 6.09. The molecule has 2 heterocycles. The SMILES string of the molecule is O=C(Nc1ccc(-c2nccs2)cc1)C1=COCCO1. The minimum atomic E-state index is -0.313. The lowest BCUT2D eigenvalue weighted by Gasteiger charge is -2.15. The Morgan fingerprint density at radius 3 is 2.75 bits per heavy atom. The third-order valence-electron chi connectivity index (χ3n) is 2.69. The van der Waals surface area contributed by atoms with Gasteiger partial charge in [-0.05, 0) is 24.3 Å². The van der Waals surface area contributed by atoms with E-state index in [1.54, 1.807) is 17.5 Å². The van der Waals surface area contributed by atoms with Gasteiger partial charge in [-0.25, -0.2) is 4.98 Å². The second-order valence-electron chi connectivity index (χ2n) is 4.07. The van der Waals surface area contributed by atoms with Crippen LogP contribution in [-0.2, 0) is 14.3 Å². The van der Waals surface area contributed by atoms with Gasteiger partial charge < -0.3 is 14.8 Å². The number of hydrogen-bond acceptors (Lipinski definition) is 5. The maximum Gasteiger partial charge on any atom is 0.294 e. The zero-order valence-corrected chi connectivity index (χ0v) is 11.4. The summed E-state index contributed by atoms with van der Waals surface area (Å²) in [5.41, 5.74) is 1.72. The van der Waals surface area contributed by atoms with Crippen LogP contribution in [0.15, 0.2) is 47.9 Å². The molecule has 3 rings (SSSR count). The highest BCUT2D eigenvalue weighted by Gasteiger charge is 2.15. The van der Waals surface area contributed by atoms with Crippen molar-refractivity contribution in [2.24, 2.45) is 0 Å². The molecule has 1 aliphatic heterocycles. The van der Waals surface area contributed by atoms with Crippen molar-refractivity contribution in [3.8, 4) is 10.6 Å². The van der Waals surface area contributed by atoms with Crippen LogP contribution in [0, 0.1) is 0 Å². The summed E-state index contributed by atoms with van der Waals surface area (Å²) in [7, 11) is 0. The molecule has 0 radical (unpaired) electrons. The van der Waals surface area contributed by atoms with Crippen LogP contribution >= 0.6 is 11.3 Å². The van der Waals surface area contributed by atoms with E-state index in [1.807, 2.05) is 29.6 Å². The van der Waals surface area contributed by atoms with Crippen molar-refractivity contribution < 1.29 is 14.3 Å². The fraction of sp³-hybridized carbons (Fsp3) is 0.143. The van der Waals surface area contributed by atoms with Gasteiger partial charge in [0.1, 0.15) is 24.5 Å². The summed E-state index contributed by atoms with van der Waals surface area (Å²) in [5.74, 6) is -0.119. The first-order valence-corrected chi connectivity index (χ1v) is 6.97. The van der Waals surface area contributed by atoms with E-state index in [9.17, 15) is 4.79 Å². The predicted octanol–water partition coefficient (Wildman–Crippen LogP) is 2.64. The van der Waals surface area contributed by atoms with E-state index in [2.05, 4.69) is 10.3 Å². The quantitative estimate of drug-likeness (QED) is 0.943. The normalized spacial score (nSPS) is 13.9. The third-order valence-corrected chi connectivity index (χ3v) is 3.52. The molecule has 2 aromatic rings. The average Bonchev–Trinajstić information content (AvgIpc) is 3.03. The van der Waals surface area contributed by atoms with Gasteiger partial charge in [-0.3, -0.25) is 4.79 Å². The van der Waals surface area contributed by atoms with Crippen LogP contribution in [0.4, 0.5) is 5.69 Å². The number of rotatable bonds is 3. The largest absolute Gasteiger partial charge is 0.494 e. The highest BCUT2D eigenvalue weighted by Crippen LogP contribution is 2.23. The van der Waals surface area contributed by atoms with E-state index in [1.165, 1.54) is 6.26 Å². The number of aromatic nitrogens is 1. The zero-order valence-electron chi connectivity index (χ0n) is 10.5. The number of nitrogens with zero attached hydrogens (tertiary/aromatic N) is 1. The van der Waals surface area contributed by atoms with Gasteiger partial charge in [-0.2, -0.15) is 0 Å². The average molecular weight is 288 g/mol. The Kier molecular flexibility index (Phi) is 3.64. The lowest BCUT2D eigenvalue weighted by molar-refractivity contribution is -0.117. The van der Waals surface area contributed by atoms with E-state index in [4.69, 9.17) is 9.47 Å². The highest BCUT2D eigenvalue weighted by atomic mass is 32.1. The summed E-state index contributed by atoms with van der Waals surface area (Å²) >= 11 is 1.57. The van der Waals surface area contributed by atoms with Gasteiger partial charge in [0.05, 0.1) is 0 Å². The Balaban J connectivity index is 1.69. The molecule has 102 valence electrons. The first kappa shape index (κ1) is 12.7. The van der Waals surface area contributed by atoms with E-state index >= 15 is 0 Å². The number of anilines is 1. The Hall–Kier alpha value is -2.34. The molecule has 1 aliphatic rings. The number of nitrogens with one attached hydrogen (secondary N) is 1. The second-order valence-corrected chi connectivity index (χ2v) is 4.96. The molecule has 6 heteroatoms. The lowest BCUT2D eigenvalue weighted by atomic mass is 10.2. The number of benzene rings is 1. The number of hydrogen-bond donors (Lipinski definition) is 1. The maximum atomic E-state index is 11.9. The molecule has 0 saturated heterocycles. The van der Waals surface area contributed by atoms with Gasteiger partial charge in [0.15, 0.2) is 0 Å². The van der Waals surface area contributed by atoms with Crippen molar-refractivity contribution in [3.63, 3.8) is 0 Å². The number of ether oxygens (including phenoxy) is 2. The summed E-state index contributed by atoms with van der Waals surface area (Å²) in [6.07, 6.45) is 3.10. The Morgan fingerprint density at radius 2 is 2.10 bits per heavy atom. The van der Waals surface area contributed by atoms with Crippen molar-refractivity contribution in [2.75, 3.05) is 18.5 Å².